The molecule has 0 aliphatic heterocycles. The summed E-state index contributed by atoms with van der Waals surface area (Å²) in [6, 6.07) is 15.4. The SMILES string of the molecule is CCCC[SiH]=[Hf]([Cl])([Cl])([CH]1C(CC)=Cc2c(C3CC3)cccc21)[CH]1C(CC)=Cc2c(C3CC3)cccc21. The maximum atomic E-state index is 8.48. The van der Waals surface area contributed by atoms with Crippen LogP contribution < -0.4 is 0 Å². The van der Waals surface area contributed by atoms with Crippen LogP contribution in [-0.2, 0) is 14.8 Å². The van der Waals surface area contributed by atoms with Gasteiger partial charge in [0.05, 0.1) is 0 Å². The number of fused-ring (bicyclic) bond motifs is 2. The van der Waals surface area contributed by atoms with Crippen molar-refractivity contribution in [2.75, 3.05) is 0 Å². The molecule has 2 aromatic carbocycles. The molecule has 6 rings (SSSR count). The van der Waals surface area contributed by atoms with Crippen LogP contribution >= 0.6 is 17.2 Å². The first-order chi connectivity index (χ1) is 17.4. The first kappa shape index (κ1) is 25.8. The van der Waals surface area contributed by atoms with Crippen molar-refractivity contribution in [1.29, 1.82) is 0 Å². The topological polar surface area (TPSA) is 0 Å². The van der Waals surface area contributed by atoms with Crippen molar-refractivity contribution in [2.45, 2.75) is 97.4 Å². The molecule has 0 saturated heterocycles. The molecule has 0 heterocycles. The fourth-order valence-electron chi connectivity index (χ4n) is 7.38. The molecule has 2 fully saturated rings. The van der Waals surface area contributed by atoms with Crippen LogP contribution in [0.25, 0.3) is 12.2 Å². The van der Waals surface area contributed by atoms with Crippen LogP contribution in [0.1, 0.15) is 125 Å². The molecule has 0 nitrogen and oxygen atoms in total. The normalized spacial score (nSPS) is 23.3. The van der Waals surface area contributed by atoms with E-state index < -0.39 is 14.8 Å². The van der Waals surface area contributed by atoms with Crippen molar-refractivity contribution >= 4 is 35.5 Å². The molecule has 2 aromatic rings. The van der Waals surface area contributed by atoms with Crippen molar-refractivity contribution in [3.05, 3.63) is 80.9 Å². The van der Waals surface area contributed by atoms with Crippen LogP contribution in [0.4, 0.5) is 0 Å². The predicted octanol–water partition coefficient (Wildman–Crippen LogP) is 10.4. The Morgan fingerprint density at radius 1 is 0.722 bits per heavy atom. The Bertz CT molecular complexity index is 1240. The summed E-state index contributed by atoms with van der Waals surface area (Å²) in [5.41, 5.74) is 12.2. The number of benzene rings is 2. The van der Waals surface area contributed by atoms with E-state index in [0.717, 1.165) is 24.7 Å². The maximum absolute atomic E-state index is 8.48. The van der Waals surface area contributed by atoms with Gasteiger partial charge in [0.2, 0.25) is 0 Å². The van der Waals surface area contributed by atoms with E-state index in [9.17, 15) is 0 Å². The predicted molar refractivity (Wildman–Crippen MR) is 157 cm³/mol. The Hall–Kier alpha value is -0.413. The number of halogens is 2. The summed E-state index contributed by atoms with van der Waals surface area (Å²) in [6.07, 6.45) is 15.0. The number of hydrogen-bond donors (Lipinski definition) is 0. The van der Waals surface area contributed by atoms with Gasteiger partial charge in [0.25, 0.3) is 0 Å². The molecular formula is C32H40Cl2HfSi. The van der Waals surface area contributed by atoms with Gasteiger partial charge in [0.1, 0.15) is 0 Å². The summed E-state index contributed by atoms with van der Waals surface area (Å²) in [5, 5.41) is 0. The van der Waals surface area contributed by atoms with Gasteiger partial charge >= 0.3 is 229 Å². The van der Waals surface area contributed by atoms with Crippen LogP contribution in [0.15, 0.2) is 47.5 Å². The van der Waals surface area contributed by atoms with E-state index in [2.05, 4.69) is 69.3 Å². The Kier molecular flexibility index (Phi) is 6.93. The molecule has 0 spiro atoms. The van der Waals surface area contributed by atoms with Crippen molar-refractivity contribution in [3.8, 4) is 0 Å². The Balaban J connectivity index is 1.59. The molecule has 0 radical (unpaired) electrons. The van der Waals surface area contributed by atoms with Gasteiger partial charge < -0.3 is 0 Å². The first-order valence-corrected chi connectivity index (χ1v) is 35.2. The summed E-state index contributed by atoms with van der Waals surface area (Å²) in [7, 11) is 17.0. The molecule has 2 unspecified atom stereocenters. The minimum absolute atomic E-state index is 0.0132. The van der Waals surface area contributed by atoms with E-state index in [-0.39, 0.29) is 13.6 Å². The van der Waals surface area contributed by atoms with Gasteiger partial charge in [-0.3, -0.25) is 0 Å². The van der Waals surface area contributed by atoms with Gasteiger partial charge in [0.15, 0.2) is 0 Å². The molecule has 4 aliphatic carbocycles. The molecular weight excluding hydrogens is 662 g/mol. The number of hydrogen-bond acceptors (Lipinski definition) is 0. The quantitative estimate of drug-likeness (QED) is 0.180. The molecule has 0 amide bonds. The van der Waals surface area contributed by atoms with Gasteiger partial charge in [-0.25, -0.2) is 0 Å². The fraction of sp³-hybridized carbons (Fsp3) is 0.500. The Morgan fingerprint density at radius 2 is 1.17 bits per heavy atom. The average Bonchev–Trinajstić information content (AvgIpc) is 3.81. The summed E-state index contributed by atoms with van der Waals surface area (Å²) >= 11 is -4.67. The zero-order valence-electron chi connectivity index (χ0n) is 22.1. The third-order valence-corrected chi connectivity index (χ3v) is 55.4. The van der Waals surface area contributed by atoms with E-state index in [1.807, 2.05) is 0 Å². The van der Waals surface area contributed by atoms with Gasteiger partial charge in [0, 0.05) is 0 Å². The van der Waals surface area contributed by atoms with Crippen LogP contribution in [0, 0.1) is 0 Å². The van der Waals surface area contributed by atoms with Crippen LogP contribution in [0.3, 0.4) is 0 Å². The van der Waals surface area contributed by atoms with Crippen LogP contribution in [0.2, 0.25) is 6.04 Å². The molecule has 190 valence electrons. The summed E-state index contributed by atoms with van der Waals surface area (Å²) in [4.78, 5) is 0. The third kappa shape index (κ3) is 4.16. The summed E-state index contributed by atoms with van der Waals surface area (Å²) < 4.78 is 0.540. The van der Waals surface area contributed by atoms with Crippen LogP contribution in [0.5, 0.6) is 0 Å². The average molecular weight is 702 g/mol. The Morgan fingerprint density at radius 3 is 1.56 bits per heavy atom. The van der Waals surface area contributed by atoms with Crippen molar-refractivity contribution < 1.29 is 14.8 Å². The van der Waals surface area contributed by atoms with E-state index in [1.165, 1.54) is 78.0 Å². The second kappa shape index (κ2) is 9.65. The molecule has 36 heavy (non-hydrogen) atoms. The standard InChI is InChI=1S/2C14H15.C4H10Si.2ClH.Hf/c2*1-2-10-8-12-4-3-5-13(11-6-7-11)14(12)9-10;1-2-3-4-5;;;/h2*3-5,8-9,11H,2,6-7H2,1H3;5H,2-4H2,1H3;2*1H;/q;;;;;+2/p-2. The van der Waals surface area contributed by atoms with Gasteiger partial charge in [-0.15, -0.1) is 0 Å². The summed E-state index contributed by atoms with van der Waals surface area (Å²) in [5.74, 6) is 1.49. The molecule has 0 N–H and O–H groups in total. The molecule has 4 aliphatic rings. The molecule has 0 aromatic heterocycles. The minimum atomic E-state index is -4.67. The van der Waals surface area contributed by atoms with Gasteiger partial charge in [-0.2, -0.15) is 0 Å². The van der Waals surface area contributed by atoms with Crippen molar-refractivity contribution in [2.24, 2.45) is 0 Å². The number of allylic oxidation sites excluding steroid dienone is 2. The van der Waals surface area contributed by atoms with E-state index >= 15 is 0 Å². The van der Waals surface area contributed by atoms with Crippen molar-refractivity contribution in [3.63, 3.8) is 0 Å². The number of rotatable bonds is 9. The number of unbranched alkanes of at least 4 members (excludes halogenated alkanes) is 1. The summed E-state index contributed by atoms with van der Waals surface area (Å²) in [6.45, 7) is 6.97. The third-order valence-electron chi connectivity index (χ3n) is 9.42. The van der Waals surface area contributed by atoms with Crippen LogP contribution in [-0.4, -0.2) is 6.22 Å². The molecule has 4 heteroatoms. The zero-order chi connectivity index (χ0) is 25.1. The Labute approximate surface area is 227 Å². The second-order valence-corrected chi connectivity index (χ2v) is 61.7. The molecule has 2 saturated carbocycles. The first-order valence-electron chi connectivity index (χ1n) is 14.5. The zero-order valence-corrected chi connectivity index (χ0v) is 28.4. The molecule has 0 bridgehead atoms. The second-order valence-electron chi connectivity index (χ2n) is 11.8. The fourth-order valence-corrected chi connectivity index (χ4v) is 56.9. The molecule has 2 atom stereocenters. The van der Waals surface area contributed by atoms with E-state index in [1.54, 1.807) is 11.1 Å². The van der Waals surface area contributed by atoms with E-state index in [4.69, 9.17) is 17.2 Å². The van der Waals surface area contributed by atoms with Gasteiger partial charge in [-0.05, 0) is 0 Å². The monoisotopic (exact) mass is 702 g/mol. The van der Waals surface area contributed by atoms with Crippen molar-refractivity contribution in [1.82, 2.24) is 0 Å². The van der Waals surface area contributed by atoms with Gasteiger partial charge in [-0.1, -0.05) is 0 Å². The van der Waals surface area contributed by atoms with E-state index in [0.29, 0.717) is 0 Å².